The maximum atomic E-state index is 11.8. The number of hydrogen-bond donors (Lipinski definition) is 2. The van der Waals surface area contributed by atoms with Crippen molar-refractivity contribution in [1.82, 2.24) is 5.32 Å². The van der Waals surface area contributed by atoms with Crippen LogP contribution in [0.2, 0.25) is 0 Å². The Morgan fingerprint density at radius 2 is 2.05 bits per heavy atom. The minimum atomic E-state index is -0.228. The highest BCUT2D eigenvalue weighted by molar-refractivity contribution is 7.19. The average Bonchev–Trinajstić information content (AvgIpc) is 2.73. The van der Waals surface area contributed by atoms with Gasteiger partial charge in [0.1, 0.15) is 21.5 Å². The van der Waals surface area contributed by atoms with Crippen molar-refractivity contribution in [3.63, 3.8) is 0 Å². The number of carbonyl (C=O) groups excluding carboxylic acids is 1. The van der Waals surface area contributed by atoms with E-state index >= 15 is 0 Å². The van der Waals surface area contributed by atoms with E-state index in [1.54, 1.807) is 7.05 Å². The Kier molecular flexibility index (Phi) is 4.19. The number of nitriles is 1. The fraction of sp³-hybridized carbons (Fsp3) is 0.571. The van der Waals surface area contributed by atoms with Gasteiger partial charge >= 0.3 is 0 Å². The Labute approximate surface area is 123 Å². The molecule has 1 aromatic heterocycles. The highest BCUT2D eigenvalue weighted by Crippen LogP contribution is 2.40. The van der Waals surface area contributed by atoms with E-state index in [0.717, 1.165) is 18.1 Å². The van der Waals surface area contributed by atoms with Crippen molar-refractivity contribution in [2.24, 2.45) is 11.8 Å². The fourth-order valence-corrected chi connectivity index (χ4v) is 4.01. The second kappa shape index (κ2) is 5.71. The van der Waals surface area contributed by atoms with Crippen molar-refractivity contribution in [3.05, 3.63) is 10.4 Å². The predicted octanol–water partition coefficient (Wildman–Crippen LogP) is 2.04. The number of amides is 1. The summed E-state index contributed by atoms with van der Waals surface area (Å²) in [5.74, 6) is 0.933. The van der Waals surface area contributed by atoms with E-state index < -0.39 is 0 Å². The number of nitrogens with two attached hydrogens (primary N) is 1. The summed E-state index contributed by atoms with van der Waals surface area (Å²) >= 11 is 1.32. The molecule has 5 nitrogen and oxygen atoms in total. The quantitative estimate of drug-likeness (QED) is 0.874. The summed E-state index contributed by atoms with van der Waals surface area (Å²) in [6.07, 6.45) is 1.20. The molecule has 1 aromatic rings. The molecule has 2 unspecified atom stereocenters. The Morgan fingerprint density at radius 3 is 2.55 bits per heavy atom. The lowest BCUT2D eigenvalue weighted by Crippen LogP contribution is -2.38. The molecule has 20 heavy (non-hydrogen) atoms. The molecule has 0 bridgehead atoms. The number of piperidine rings is 1. The molecule has 3 N–H and O–H groups in total. The van der Waals surface area contributed by atoms with Crippen LogP contribution in [0.3, 0.4) is 0 Å². The molecule has 0 spiro atoms. The van der Waals surface area contributed by atoms with Gasteiger partial charge in [-0.15, -0.1) is 11.3 Å². The summed E-state index contributed by atoms with van der Waals surface area (Å²) in [6, 6.07) is 2.15. The Balaban J connectivity index is 2.41. The standard InChI is InChI=1S/C14H20N4OS/c1-8-4-9(2)7-18(6-8)14-10(5-15)11(16)12(20-14)13(19)17-3/h8-9H,4,6-7,16H2,1-3H3,(H,17,19). The summed E-state index contributed by atoms with van der Waals surface area (Å²) in [7, 11) is 1.57. The van der Waals surface area contributed by atoms with Crippen molar-refractivity contribution in [2.45, 2.75) is 20.3 Å². The maximum Gasteiger partial charge on any atom is 0.263 e. The third-order valence-corrected chi connectivity index (χ3v) is 4.89. The number of nitrogen functional groups attached to an aromatic ring is 1. The fourth-order valence-electron chi connectivity index (χ4n) is 2.87. The van der Waals surface area contributed by atoms with Gasteiger partial charge in [0.25, 0.3) is 5.91 Å². The molecule has 0 aliphatic carbocycles. The molecule has 0 radical (unpaired) electrons. The molecule has 2 atom stereocenters. The summed E-state index contributed by atoms with van der Waals surface area (Å²) in [5.41, 5.74) is 6.71. The van der Waals surface area contributed by atoms with Gasteiger partial charge in [-0.3, -0.25) is 4.79 Å². The normalized spacial score (nSPS) is 22.4. The number of nitrogens with one attached hydrogen (secondary N) is 1. The zero-order chi connectivity index (χ0) is 14.9. The van der Waals surface area contributed by atoms with Gasteiger partial charge in [-0.2, -0.15) is 5.26 Å². The molecule has 1 saturated heterocycles. The van der Waals surface area contributed by atoms with Crippen LogP contribution in [0.15, 0.2) is 0 Å². The van der Waals surface area contributed by atoms with Crippen LogP contribution in [0.1, 0.15) is 35.5 Å². The predicted molar refractivity (Wildman–Crippen MR) is 82.0 cm³/mol. The largest absolute Gasteiger partial charge is 0.396 e. The smallest absolute Gasteiger partial charge is 0.263 e. The lowest BCUT2D eigenvalue weighted by Gasteiger charge is -2.35. The monoisotopic (exact) mass is 292 g/mol. The number of anilines is 2. The van der Waals surface area contributed by atoms with E-state index in [1.807, 2.05) is 0 Å². The van der Waals surface area contributed by atoms with Gasteiger partial charge in [0.15, 0.2) is 0 Å². The molecule has 1 aliphatic heterocycles. The molecule has 0 saturated carbocycles. The summed E-state index contributed by atoms with van der Waals surface area (Å²) in [5, 5.41) is 12.8. The Morgan fingerprint density at radius 1 is 1.45 bits per heavy atom. The second-order valence-electron chi connectivity index (χ2n) is 5.57. The molecule has 0 aromatic carbocycles. The van der Waals surface area contributed by atoms with E-state index in [0.29, 0.717) is 28.0 Å². The van der Waals surface area contributed by atoms with Gasteiger partial charge in [0.05, 0.1) is 5.69 Å². The van der Waals surface area contributed by atoms with Crippen LogP contribution < -0.4 is 16.0 Å². The minimum Gasteiger partial charge on any atom is -0.396 e. The van der Waals surface area contributed by atoms with Gasteiger partial charge < -0.3 is 16.0 Å². The van der Waals surface area contributed by atoms with Crippen LogP contribution >= 0.6 is 11.3 Å². The first-order valence-corrected chi connectivity index (χ1v) is 7.58. The van der Waals surface area contributed by atoms with Crippen LogP contribution in [0, 0.1) is 23.2 Å². The topological polar surface area (TPSA) is 82.2 Å². The van der Waals surface area contributed by atoms with Crippen molar-refractivity contribution in [3.8, 4) is 6.07 Å². The van der Waals surface area contributed by atoms with E-state index in [2.05, 4.69) is 30.1 Å². The lowest BCUT2D eigenvalue weighted by molar-refractivity contribution is 0.0968. The molecule has 1 amide bonds. The lowest BCUT2D eigenvalue weighted by atomic mass is 9.92. The molecule has 108 valence electrons. The van der Waals surface area contributed by atoms with Gasteiger partial charge in [0, 0.05) is 20.1 Å². The van der Waals surface area contributed by atoms with Gasteiger partial charge in [-0.25, -0.2) is 0 Å². The van der Waals surface area contributed by atoms with Crippen LogP contribution in [0.5, 0.6) is 0 Å². The Bertz CT molecular complexity index is 550. The summed E-state index contributed by atoms with van der Waals surface area (Å²) in [6.45, 7) is 6.25. The first-order valence-electron chi connectivity index (χ1n) is 6.77. The third kappa shape index (κ3) is 2.59. The number of hydrogen-bond acceptors (Lipinski definition) is 5. The van der Waals surface area contributed by atoms with Crippen molar-refractivity contribution in [1.29, 1.82) is 5.26 Å². The second-order valence-corrected chi connectivity index (χ2v) is 6.57. The van der Waals surface area contributed by atoms with E-state index in [1.165, 1.54) is 17.8 Å². The SMILES string of the molecule is CNC(=O)c1sc(N2CC(C)CC(C)C2)c(C#N)c1N. The molecular weight excluding hydrogens is 272 g/mol. The molecule has 6 heteroatoms. The highest BCUT2D eigenvalue weighted by atomic mass is 32.1. The molecule has 1 fully saturated rings. The zero-order valence-electron chi connectivity index (χ0n) is 12.1. The highest BCUT2D eigenvalue weighted by Gasteiger charge is 2.28. The van der Waals surface area contributed by atoms with Crippen molar-refractivity contribution >= 4 is 27.9 Å². The third-order valence-electron chi connectivity index (χ3n) is 3.63. The Hall–Kier alpha value is -1.74. The van der Waals surface area contributed by atoms with E-state index in [-0.39, 0.29) is 5.91 Å². The first kappa shape index (κ1) is 14.7. The van der Waals surface area contributed by atoms with E-state index in [4.69, 9.17) is 5.73 Å². The van der Waals surface area contributed by atoms with E-state index in [9.17, 15) is 10.1 Å². The van der Waals surface area contributed by atoms with Gasteiger partial charge in [0.2, 0.25) is 0 Å². The summed E-state index contributed by atoms with van der Waals surface area (Å²) in [4.78, 5) is 14.5. The number of thiophene rings is 1. The molecule has 1 aliphatic rings. The maximum absolute atomic E-state index is 11.8. The number of nitrogens with zero attached hydrogens (tertiary/aromatic N) is 2. The van der Waals surface area contributed by atoms with Crippen LogP contribution in [-0.4, -0.2) is 26.0 Å². The molecular formula is C14H20N4OS. The van der Waals surface area contributed by atoms with Gasteiger partial charge in [-0.1, -0.05) is 13.8 Å². The zero-order valence-corrected chi connectivity index (χ0v) is 12.9. The minimum absolute atomic E-state index is 0.228. The van der Waals surface area contributed by atoms with Crippen LogP contribution in [-0.2, 0) is 0 Å². The van der Waals surface area contributed by atoms with Crippen LogP contribution in [0.25, 0.3) is 0 Å². The number of rotatable bonds is 2. The molecule has 2 heterocycles. The number of carbonyl (C=O) groups is 1. The average molecular weight is 292 g/mol. The van der Waals surface area contributed by atoms with Gasteiger partial charge in [-0.05, 0) is 18.3 Å². The molecule has 2 rings (SSSR count). The van der Waals surface area contributed by atoms with Crippen LogP contribution in [0.4, 0.5) is 10.7 Å². The van der Waals surface area contributed by atoms with Crippen molar-refractivity contribution < 1.29 is 4.79 Å². The van der Waals surface area contributed by atoms with Crippen molar-refractivity contribution in [2.75, 3.05) is 30.8 Å². The summed E-state index contributed by atoms with van der Waals surface area (Å²) < 4.78 is 0. The first-order chi connectivity index (χ1) is 9.47.